The predicted molar refractivity (Wildman–Crippen MR) is 76.9 cm³/mol. The minimum atomic E-state index is -1.22. The minimum absolute atomic E-state index is 0.0797. The van der Waals surface area contributed by atoms with Crippen LogP contribution < -0.4 is 4.74 Å². The van der Waals surface area contributed by atoms with Crippen molar-refractivity contribution in [2.24, 2.45) is 0 Å². The maximum absolute atomic E-state index is 12.1. The number of aliphatic carboxylic acids is 1. The Morgan fingerprint density at radius 1 is 1.58 bits per heavy atom. The van der Waals surface area contributed by atoms with Gasteiger partial charge in [0.1, 0.15) is 5.75 Å². The summed E-state index contributed by atoms with van der Waals surface area (Å²) >= 11 is 3.43. The number of carboxylic acid groups (broad SMARTS) is 1. The maximum Gasteiger partial charge on any atom is 0.304 e. The zero-order valence-electron chi connectivity index (χ0n) is 10.5. The van der Waals surface area contributed by atoms with E-state index < -0.39 is 16.8 Å². The van der Waals surface area contributed by atoms with Gasteiger partial charge in [-0.3, -0.25) is 9.00 Å². The first kappa shape index (κ1) is 14.5. The molecule has 19 heavy (non-hydrogen) atoms. The number of rotatable bonds is 5. The van der Waals surface area contributed by atoms with E-state index in [9.17, 15) is 9.00 Å². The molecule has 104 valence electrons. The number of halogens is 1. The first-order valence-corrected chi connectivity index (χ1v) is 8.18. The number of carboxylic acids is 1. The molecule has 0 spiro atoms. The number of ether oxygens (including phenoxy) is 1. The van der Waals surface area contributed by atoms with E-state index in [-0.39, 0.29) is 11.7 Å². The van der Waals surface area contributed by atoms with Gasteiger partial charge in [-0.05, 0) is 17.7 Å². The lowest BCUT2D eigenvalue weighted by molar-refractivity contribution is -0.136. The molecule has 1 aromatic rings. The van der Waals surface area contributed by atoms with Crippen LogP contribution in [-0.2, 0) is 27.8 Å². The monoisotopic (exact) mass is 346 g/mol. The Kier molecular flexibility index (Phi) is 4.62. The van der Waals surface area contributed by atoms with E-state index >= 15 is 0 Å². The molecule has 2 unspecified atom stereocenters. The summed E-state index contributed by atoms with van der Waals surface area (Å²) in [4.78, 5) is 10.6. The summed E-state index contributed by atoms with van der Waals surface area (Å²) in [5.74, 6) is 0.228. The van der Waals surface area contributed by atoms with Gasteiger partial charge in [0.15, 0.2) is 0 Å². The van der Waals surface area contributed by atoms with E-state index in [2.05, 4.69) is 15.9 Å². The zero-order valence-corrected chi connectivity index (χ0v) is 12.9. The van der Waals surface area contributed by atoms with E-state index in [0.717, 1.165) is 27.8 Å². The largest absolute Gasteiger partial charge is 0.493 e. The molecule has 0 aliphatic carbocycles. The van der Waals surface area contributed by atoms with Gasteiger partial charge in [-0.25, -0.2) is 0 Å². The normalized spacial score (nSPS) is 16.5. The smallest absolute Gasteiger partial charge is 0.304 e. The van der Waals surface area contributed by atoms with E-state index in [1.165, 1.54) is 0 Å². The molecule has 0 radical (unpaired) electrons. The molecule has 0 saturated carbocycles. The van der Waals surface area contributed by atoms with Crippen LogP contribution in [0.15, 0.2) is 16.6 Å². The van der Waals surface area contributed by atoms with E-state index in [1.807, 2.05) is 12.1 Å². The second kappa shape index (κ2) is 6.05. The first-order chi connectivity index (χ1) is 8.97. The lowest BCUT2D eigenvalue weighted by Gasteiger charge is -2.12. The molecule has 1 aliphatic heterocycles. The van der Waals surface area contributed by atoms with Gasteiger partial charge >= 0.3 is 5.97 Å². The van der Waals surface area contributed by atoms with Gasteiger partial charge in [-0.1, -0.05) is 22.9 Å². The highest BCUT2D eigenvalue weighted by Gasteiger charge is 2.21. The van der Waals surface area contributed by atoms with Crippen molar-refractivity contribution in [3.63, 3.8) is 0 Å². The Morgan fingerprint density at radius 3 is 3.00 bits per heavy atom. The fourth-order valence-electron chi connectivity index (χ4n) is 2.09. The van der Waals surface area contributed by atoms with Crippen molar-refractivity contribution in [3.05, 3.63) is 27.7 Å². The van der Waals surface area contributed by atoms with Gasteiger partial charge in [0.05, 0.1) is 18.8 Å². The van der Waals surface area contributed by atoms with Crippen LogP contribution in [0, 0.1) is 0 Å². The van der Waals surface area contributed by atoms with Crippen molar-refractivity contribution in [1.29, 1.82) is 0 Å². The van der Waals surface area contributed by atoms with Crippen LogP contribution in [0.25, 0.3) is 0 Å². The quantitative estimate of drug-likeness (QED) is 0.889. The van der Waals surface area contributed by atoms with Crippen molar-refractivity contribution in [2.45, 2.75) is 30.8 Å². The van der Waals surface area contributed by atoms with Crippen molar-refractivity contribution < 1.29 is 18.8 Å². The predicted octanol–water partition coefficient (Wildman–Crippen LogP) is 2.50. The third-order valence-corrected chi connectivity index (χ3v) is 5.15. The third-order valence-electron chi connectivity index (χ3n) is 3.03. The third kappa shape index (κ3) is 3.57. The van der Waals surface area contributed by atoms with Crippen LogP contribution in [0.5, 0.6) is 5.75 Å². The summed E-state index contributed by atoms with van der Waals surface area (Å²) in [7, 11) is -1.22. The number of carbonyl (C=O) groups is 1. The first-order valence-electron chi connectivity index (χ1n) is 6.00. The SMILES string of the molecule is CC(CC(=O)O)S(=O)Cc1cc(Br)cc2c1OCC2. The fourth-order valence-corrected chi connectivity index (χ4v) is 3.77. The molecule has 4 nitrogen and oxygen atoms in total. The minimum Gasteiger partial charge on any atom is -0.493 e. The summed E-state index contributed by atoms with van der Waals surface area (Å²) in [6.07, 6.45) is 0.781. The van der Waals surface area contributed by atoms with E-state index in [4.69, 9.17) is 9.84 Å². The summed E-state index contributed by atoms with van der Waals surface area (Å²) in [5, 5.41) is 8.36. The molecule has 6 heteroatoms. The van der Waals surface area contributed by atoms with Crippen LogP contribution >= 0.6 is 15.9 Å². The molecular formula is C13H15BrO4S. The van der Waals surface area contributed by atoms with Gasteiger partial charge < -0.3 is 9.84 Å². The van der Waals surface area contributed by atoms with Crippen molar-refractivity contribution >= 4 is 32.7 Å². The van der Waals surface area contributed by atoms with Gasteiger partial charge in [-0.2, -0.15) is 0 Å². The lowest BCUT2D eigenvalue weighted by Crippen LogP contribution is -2.17. The maximum atomic E-state index is 12.1. The molecule has 1 N–H and O–H groups in total. The molecule has 0 saturated heterocycles. The Labute approximate surface area is 122 Å². The van der Waals surface area contributed by atoms with Crippen LogP contribution in [0.3, 0.4) is 0 Å². The lowest BCUT2D eigenvalue weighted by atomic mass is 10.1. The summed E-state index contributed by atoms with van der Waals surface area (Å²) in [6.45, 7) is 2.35. The topological polar surface area (TPSA) is 63.6 Å². The highest BCUT2D eigenvalue weighted by Crippen LogP contribution is 2.34. The van der Waals surface area contributed by atoms with Crippen LogP contribution in [0.1, 0.15) is 24.5 Å². The second-order valence-electron chi connectivity index (χ2n) is 4.59. The molecule has 1 aromatic carbocycles. The van der Waals surface area contributed by atoms with E-state index in [0.29, 0.717) is 12.4 Å². The molecule has 0 aromatic heterocycles. The Morgan fingerprint density at radius 2 is 2.32 bits per heavy atom. The summed E-state index contributed by atoms with van der Waals surface area (Å²) in [6, 6.07) is 3.91. The van der Waals surface area contributed by atoms with Crippen LogP contribution in [0.2, 0.25) is 0 Å². The fraction of sp³-hybridized carbons (Fsp3) is 0.462. The number of hydrogen-bond acceptors (Lipinski definition) is 3. The van der Waals surface area contributed by atoms with Crippen molar-refractivity contribution in [3.8, 4) is 5.75 Å². The molecule has 2 atom stereocenters. The number of benzene rings is 1. The Bertz CT molecular complexity index is 530. The average molecular weight is 347 g/mol. The van der Waals surface area contributed by atoms with Crippen LogP contribution in [0.4, 0.5) is 0 Å². The zero-order chi connectivity index (χ0) is 14.0. The highest BCUT2D eigenvalue weighted by atomic mass is 79.9. The van der Waals surface area contributed by atoms with Crippen molar-refractivity contribution in [2.75, 3.05) is 6.61 Å². The molecule has 0 fully saturated rings. The van der Waals surface area contributed by atoms with Gasteiger partial charge in [0.2, 0.25) is 0 Å². The van der Waals surface area contributed by atoms with Crippen LogP contribution in [-0.4, -0.2) is 27.1 Å². The number of hydrogen-bond donors (Lipinski definition) is 1. The summed E-state index contributed by atoms with van der Waals surface area (Å²) < 4.78 is 18.7. The summed E-state index contributed by atoms with van der Waals surface area (Å²) in [5.41, 5.74) is 2.00. The number of fused-ring (bicyclic) bond motifs is 1. The standard InChI is InChI=1S/C13H15BrO4S/c1-8(4-12(15)16)19(17)7-10-6-11(14)5-9-2-3-18-13(9)10/h5-6,8H,2-4,7H2,1H3,(H,15,16). The Balaban J connectivity index is 2.15. The molecular weight excluding hydrogens is 332 g/mol. The average Bonchev–Trinajstić information content (AvgIpc) is 2.75. The van der Waals surface area contributed by atoms with Gasteiger partial charge in [0, 0.05) is 32.5 Å². The Hall–Kier alpha value is -0.880. The van der Waals surface area contributed by atoms with Gasteiger partial charge in [0.25, 0.3) is 0 Å². The van der Waals surface area contributed by atoms with Crippen molar-refractivity contribution in [1.82, 2.24) is 0 Å². The van der Waals surface area contributed by atoms with E-state index in [1.54, 1.807) is 6.92 Å². The molecule has 0 bridgehead atoms. The molecule has 0 amide bonds. The molecule has 2 rings (SSSR count). The second-order valence-corrected chi connectivity index (χ2v) is 7.36. The highest BCUT2D eigenvalue weighted by molar-refractivity contribution is 9.10. The molecule has 1 heterocycles. The molecule has 1 aliphatic rings. The van der Waals surface area contributed by atoms with Gasteiger partial charge in [-0.15, -0.1) is 0 Å².